The maximum atomic E-state index is 12.0. The molecule has 0 saturated heterocycles. The molecular formula is C17H27NO2. The monoisotopic (exact) mass is 277 g/mol. The molecule has 0 unspecified atom stereocenters. The third kappa shape index (κ3) is 6.09. The second-order valence-corrected chi connectivity index (χ2v) is 6.72. The summed E-state index contributed by atoms with van der Waals surface area (Å²) < 4.78 is 5.41. The average molecular weight is 277 g/mol. The second kappa shape index (κ2) is 6.78. The van der Waals surface area contributed by atoms with Crippen molar-refractivity contribution in [2.75, 3.05) is 5.73 Å². The number of nitrogen functional groups attached to an aromatic ring is 1. The van der Waals surface area contributed by atoms with Crippen LogP contribution in [0.15, 0.2) is 24.3 Å². The fourth-order valence-corrected chi connectivity index (χ4v) is 2.24. The van der Waals surface area contributed by atoms with Crippen molar-refractivity contribution < 1.29 is 9.53 Å². The summed E-state index contributed by atoms with van der Waals surface area (Å²) in [5.74, 6) is 0.251. The maximum Gasteiger partial charge on any atom is 0.309 e. The van der Waals surface area contributed by atoms with Gasteiger partial charge in [0.25, 0.3) is 0 Å². The summed E-state index contributed by atoms with van der Waals surface area (Å²) in [5, 5.41) is 0. The van der Waals surface area contributed by atoms with Gasteiger partial charge in [0.2, 0.25) is 0 Å². The Bertz CT molecular complexity index is 431. The molecule has 0 radical (unpaired) electrons. The van der Waals surface area contributed by atoms with Gasteiger partial charge in [0.1, 0.15) is 5.60 Å². The lowest BCUT2D eigenvalue weighted by Gasteiger charge is -2.23. The molecule has 0 saturated carbocycles. The van der Waals surface area contributed by atoms with Crippen LogP contribution in [-0.4, -0.2) is 11.6 Å². The van der Waals surface area contributed by atoms with Crippen LogP contribution in [0, 0.1) is 11.8 Å². The molecule has 0 aliphatic heterocycles. The van der Waals surface area contributed by atoms with Crippen molar-refractivity contribution in [2.24, 2.45) is 11.8 Å². The molecule has 0 fully saturated rings. The lowest BCUT2D eigenvalue weighted by molar-refractivity contribution is -0.159. The molecule has 1 rings (SSSR count). The van der Waals surface area contributed by atoms with Crippen molar-refractivity contribution in [3.8, 4) is 0 Å². The highest BCUT2D eigenvalue weighted by molar-refractivity contribution is 5.72. The molecule has 0 aliphatic rings. The molecule has 0 amide bonds. The number of carbonyl (C=O) groups excluding carboxylic acids is 1. The van der Waals surface area contributed by atoms with Crippen LogP contribution in [-0.2, 0) is 16.0 Å². The van der Waals surface area contributed by atoms with Gasteiger partial charge in [-0.3, -0.25) is 4.79 Å². The second-order valence-electron chi connectivity index (χ2n) is 6.72. The predicted octanol–water partition coefficient (Wildman–Crippen LogP) is 3.82. The van der Waals surface area contributed by atoms with E-state index in [1.807, 2.05) is 52.0 Å². The van der Waals surface area contributed by atoms with Crippen LogP contribution in [0.5, 0.6) is 0 Å². The van der Waals surface area contributed by atoms with Gasteiger partial charge in [-0.15, -0.1) is 0 Å². The average Bonchev–Trinajstić information content (AvgIpc) is 2.29. The number of hydrogen-bond donors (Lipinski definition) is 1. The molecule has 1 aromatic rings. The topological polar surface area (TPSA) is 52.3 Å². The molecule has 3 heteroatoms. The largest absolute Gasteiger partial charge is 0.460 e. The van der Waals surface area contributed by atoms with Gasteiger partial charge in [-0.1, -0.05) is 26.0 Å². The molecule has 112 valence electrons. The number of anilines is 1. The van der Waals surface area contributed by atoms with Crippen molar-refractivity contribution in [1.29, 1.82) is 0 Å². The minimum atomic E-state index is -0.411. The number of ether oxygens (including phenoxy) is 1. The minimum Gasteiger partial charge on any atom is -0.460 e. The maximum absolute atomic E-state index is 12.0. The van der Waals surface area contributed by atoms with Crippen LogP contribution in [0.25, 0.3) is 0 Å². The summed E-state index contributed by atoms with van der Waals surface area (Å²) in [5.41, 5.74) is 7.30. The first-order valence-electron chi connectivity index (χ1n) is 7.24. The van der Waals surface area contributed by atoms with Crippen LogP contribution in [0.1, 0.15) is 46.6 Å². The lowest BCUT2D eigenvalue weighted by Crippen LogP contribution is -2.28. The first-order valence-corrected chi connectivity index (χ1v) is 7.24. The molecule has 0 spiro atoms. The van der Waals surface area contributed by atoms with Gasteiger partial charge in [-0.05, 0) is 57.2 Å². The van der Waals surface area contributed by atoms with Gasteiger partial charge < -0.3 is 10.5 Å². The van der Waals surface area contributed by atoms with E-state index < -0.39 is 5.60 Å². The molecule has 0 aromatic heterocycles. The Balaban J connectivity index is 2.47. The standard InChI is InChI=1S/C17H27NO2/c1-12(11-14-6-8-15(18)9-7-14)10-13(2)16(19)20-17(3,4)5/h6-9,12-13H,10-11,18H2,1-5H3/t12-,13+/m1/s1. The zero-order chi connectivity index (χ0) is 15.3. The van der Waals surface area contributed by atoms with Gasteiger partial charge in [-0.2, -0.15) is 0 Å². The van der Waals surface area contributed by atoms with Crippen LogP contribution >= 0.6 is 0 Å². The first kappa shape index (κ1) is 16.5. The molecule has 3 nitrogen and oxygen atoms in total. The molecule has 1 aromatic carbocycles. The van der Waals surface area contributed by atoms with Crippen molar-refractivity contribution in [2.45, 2.75) is 53.1 Å². The van der Waals surface area contributed by atoms with E-state index in [1.54, 1.807) is 0 Å². The Morgan fingerprint density at radius 2 is 1.75 bits per heavy atom. The summed E-state index contributed by atoms with van der Waals surface area (Å²) in [4.78, 5) is 12.0. The molecule has 0 aliphatic carbocycles. The Hall–Kier alpha value is -1.51. The normalized spacial score (nSPS) is 14.7. The van der Waals surface area contributed by atoms with Crippen LogP contribution in [0.4, 0.5) is 5.69 Å². The van der Waals surface area contributed by atoms with E-state index in [1.165, 1.54) is 5.56 Å². The first-order chi connectivity index (χ1) is 9.17. The van der Waals surface area contributed by atoms with Crippen LogP contribution in [0.3, 0.4) is 0 Å². The molecule has 0 heterocycles. The Morgan fingerprint density at radius 3 is 2.25 bits per heavy atom. The number of benzene rings is 1. The molecule has 2 N–H and O–H groups in total. The summed E-state index contributed by atoms with van der Waals surface area (Å²) in [6.45, 7) is 9.80. The Labute approximate surface area is 122 Å². The Morgan fingerprint density at radius 1 is 1.20 bits per heavy atom. The van der Waals surface area contributed by atoms with E-state index in [0.29, 0.717) is 5.92 Å². The fourth-order valence-electron chi connectivity index (χ4n) is 2.24. The van der Waals surface area contributed by atoms with Gasteiger partial charge in [0.15, 0.2) is 0 Å². The zero-order valence-electron chi connectivity index (χ0n) is 13.3. The highest BCUT2D eigenvalue weighted by Crippen LogP contribution is 2.20. The lowest BCUT2D eigenvalue weighted by atomic mass is 9.91. The minimum absolute atomic E-state index is 0.0713. The van der Waals surface area contributed by atoms with E-state index in [-0.39, 0.29) is 11.9 Å². The SMILES string of the molecule is C[C@@H](Cc1ccc(N)cc1)C[C@H](C)C(=O)OC(C)(C)C. The smallest absolute Gasteiger partial charge is 0.309 e. The summed E-state index contributed by atoms with van der Waals surface area (Å²) in [6, 6.07) is 7.92. The quantitative estimate of drug-likeness (QED) is 0.657. The van der Waals surface area contributed by atoms with E-state index in [9.17, 15) is 4.79 Å². The van der Waals surface area contributed by atoms with Crippen molar-refractivity contribution in [1.82, 2.24) is 0 Å². The third-order valence-electron chi connectivity index (χ3n) is 3.13. The molecule has 0 bridgehead atoms. The van der Waals surface area contributed by atoms with Gasteiger partial charge in [0.05, 0.1) is 5.92 Å². The molecule has 2 atom stereocenters. The summed E-state index contributed by atoms with van der Waals surface area (Å²) >= 11 is 0. The van der Waals surface area contributed by atoms with E-state index in [4.69, 9.17) is 10.5 Å². The molecule has 20 heavy (non-hydrogen) atoms. The highest BCUT2D eigenvalue weighted by atomic mass is 16.6. The predicted molar refractivity (Wildman–Crippen MR) is 83.3 cm³/mol. The number of esters is 1. The van der Waals surface area contributed by atoms with Gasteiger partial charge in [0, 0.05) is 5.69 Å². The zero-order valence-corrected chi connectivity index (χ0v) is 13.3. The third-order valence-corrected chi connectivity index (χ3v) is 3.13. The van der Waals surface area contributed by atoms with Crippen LogP contribution in [0.2, 0.25) is 0 Å². The summed E-state index contributed by atoms with van der Waals surface area (Å²) in [7, 11) is 0. The van der Waals surface area contributed by atoms with E-state index in [2.05, 4.69) is 6.92 Å². The van der Waals surface area contributed by atoms with Crippen LogP contribution < -0.4 is 5.73 Å². The number of nitrogens with two attached hydrogens (primary N) is 1. The fraction of sp³-hybridized carbons (Fsp3) is 0.588. The van der Waals surface area contributed by atoms with E-state index in [0.717, 1.165) is 18.5 Å². The van der Waals surface area contributed by atoms with E-state index >= 15 is 0 Å². The molecular weight excluding hydrogens is 250 g/mol. The summed E-state index contributed by atoms with van der Waals surface area (Å²) in [6.07, 6.45) is 1.78. The number of carbonyl (C=O) groups is 1. The van der Waals surface area contributed by atoms with Crippen molar-refractivity contribution in [3.63, 3.8) is 0 Å². The van der Waals surface area contributed by atoms with Gasteiger partial charge in [-0.25, -0.2) is 0 Å². The number of hydrogen-bond acceptors (Lipinski definition) is 3. The van der Waals surface area contributed by atoms with Gasteiger partial charge >= 0.3 is 5.97 Å². The highest BCUT2D eigenvalue weighted by Gasteiger charge is 2.23. The Kier molecular flexibility index (Phi) is 5.61. The van der Waals surface area contributed by atoms with Crippen molar-refractivity contribution in [3.05, 3.63) is 29.8 Å². The number of rotatable bonds is 5. The van der Waals surface area contributed by atoms with Crippen molar-refractivity contribution >= 4 is 11.7 Å².